The zero-order valence-corrected chi connectivity index (χ0v) is 10.1. The molecule has 0 bridgehead atoms. The Morgan fingerprint density at radius 1 is 1.59 bits per heavy atom. The third-order valence-corrected chi connectivity index (χ3v) is 3.33. The molecule has 1 fully saturated rings. The topological polar surface area (TPSA) is 72.4 Å². The fraction of sp³-hybridized carbons (Fsp3) is 0.455. The van der Waals surface area contributed by atoms with Gasteiger partial charge in [0.25, 0.3) is 5.69 Å². The SMILES string of the molecule is NCC1CCN(c2ccc(Cl)cc2[N+](=O)[O-])C1. The number of hydrogen-bond donors (Lipinski definition) is 1. The van der Waals surface area contributed by atoms with E-state index in [0.29, 0.717) is 23.2 Å². The zero-order chi connectivity index (χ0) is 12.4. The highest BCUT2D eigenvalue weighted by atomic mass is 35.5. The molecule has 1 aromatic rings. The summed E-state index contributed by atoms with van der Waals surface area (Å²) < 4.78 is 0. The van der Waals surface area contributed by atoms with Crippen LogP contribution in [0.2, 0.25) is 5.02 Å². The molecule has 0 amide bonds. The Kier molecular flexibility index (Phi) is 3.49. The summed E-state index contributed by atoms with van der Waals surface area (Å²) in [6.45, 7) is 2.21. The third-order valence-electron chi connectivity index (χ3n) is 3.09. The van der Waals surface area contributed by atoms with Gasteiger partial charge in [-0.3, -0.25) is 10.1 Å². The van der Waals surface area contributed by atoms with Gasteiger partial charge in [-0.15, -0.1) is 0 Å². The highest BCUT2D eigenvalue weighted by Gasteiger charge is 2.26. The first-order valence-corrected chi connectivity index (χ1v) is 5.88. The average Bonchev–Trinajstić information content (AvgIpc) is 2.77. The second kappa shape index (κ2) is 4.89. The lowest BCUT2D eigenvalue weighted by Gasteiger charge is -2.18. The van der Waals surface area contributed by atoms with E-state index in [1.165, 1.54) is 6.07 Å². The van der Waals surface area contributed by atoms with Crippen LogP contribution in [0.1, 0.15) is 6.42 Å². The minimum atomic E-state index is -0.392. The molecule has 1 aliphatic heterocycles. The van der Waals surface area contributed by atoms with E-state index < -0.39 is 4.92 Å². The Hall–Kier alpha value is -1.33. The van der Waals surface area contributed by atoms with Gasteiger partial charge in [0.1, 0.15) is 5.69 Å². The lowest BCUT2D eigenvalue weighted by Crippen LogP contribution is -2.23. The molecule has 1 unspecified atom stereocenters. The second-order valence-corrected chi connectivity index (χ2v) is 4.66. The van der Waals surface area contributed by atoms with Gasteiger partial charge in [0.05, 0.1) is 4.92 Å². The van der Waals surface area contributed by atoms with E-state index in [1.54, 1.807) is 12.1 Å². The van der Waals surface area contributed by atoms with Crippen molar-refractivity contribution in [1.29, 1.82) is 0 Å². The second-order valence-electron chi connectivity index (χ2n) is 4.23. The fourth-order valence-corrected chi connectivity index (χ4v) is 2.32. The molecule has 1 aliphatic rings. The summed E-state index contributed by atoms with van der Waals surface area (Å²) in [4.78, 5) is 12.6. The Balaban J connectivity index is 2.29. The zero-order valence-electron chi connectivity index (χ0n) is 9.30. The van der Waals surface area contributed by atoms with Crippen LogP contribution in [0, 0.1) is 16.0 Å². The van der Waals surface area contributed by atoms with Crippen molar-refractivity contribution >= 4 is 23.0 Å². The first kappa shape index (κ1) is 12.1. The van der Waals surface area contributed by atoms with Gasteiger partial charge in [-0.2, -0.15) is 0 Å². The van der Waals surface area contributed by atoms with Crippen LogP contribution in [0.4, 0.5) is 11.4 Å². The van der Waals surface area contributed by atoms with Gasteiger partial charge < -0.3 is 10.6 Å². The smallest absolute Gasteiger partial charge is 0.294 e. The predicted molar refractivity (Wildman–Crippen MR) is 67.5 cm³/mol. The largest absolute Gasteiger partial charge is 0.366 e. The molecule has 92 valence electrons. The number of anilines is 1. The maximum atomic E-state index is 11.0. The normalized spacial score (nSPS) is 19.6. The highest BCUT2D eigenvalue weighted by molar-refractivity contribution is 6.30. The first-order chi connectivity index (χ1) is 8.11. The van der Waals surface area contributed by atoms with Gasteiger partial charge in [0.15, 0.2) is 0 Å². The number of halogens is 1. The molecule has 0 aliphatic carbocycles. The number of nitrogens with two attached hydrogens (primary N) is 1. The molecule has 17 heavy (non-hydrogen) atoms. The number of nitro benzene ring substituents is 1. The van der Waals surface area contributed by atoms with Crippen LogP contribution >= 0.6 is 11.6 Å². The van der Waals surface area contributed by atoms with Crippen molar-refractivity contribution in [2.45, 2.75) is 6.42 Å². The van der Waals surface area contributed by atoms with Gasteiger partial charge in [0.2, 0.25) is 0 Å². The Bertz CT molecular complexity index is 439. The third kappa shape index (κ3) is 2.50. The molecule has 1 aromatic carbocycles. The van der Waals surface area contributed by atoms with Crippen molar-refractivity contribution in [3.8, 4) is 0 Å². The maximum absolute atomic E-state index is 11.0. The molecule has 0 aromatic heterocycles. The molecule has 1 heterocycles. The van der Waals surface area contributed by atoms with Crippen LogP contribution in [-0.2, 0) is 0 Å². The van der Waals surface area contributed by atoms with E-state index in [2.05, 4.69) is 0 Å². The summed E-state index contributed by atoms with van der Waals surface area (Å²) in [6, 6.07) is 4.78. The highest BCUT2D eigenvalue weighted by Crippen LogP contribution is 2.33. The van der Waals surface area contributed by atoms with E-state index in [9.17, 15) is 10.1 Å². The van der Waals surface area contributed by atoms with Gasteiger partial charge in [-0.25, -0.2) is 0 Å². The molecule has 0 saturated carbocycles. The number of nitro groups is 1. The van der Waals surface area contributed by atoms with Gasteiger partial charge in [0, 0.05) is 24.2 Å². The van der Waals surface area contributed by atoms with Crippen LogP contribution in [0.15, 0.2) is 18.2 Å². The number of nitrogens with zero attached hydrogens (tertiary/aromatic N) is 2. The van der Waals surface area contributed by atoms with E-state index in [-0.39, 0.29) is 5.69 Å². The molecular formula is C11H14ClN3O2. The summed E-state index contributed by atoms with van der Waals surface area (Å²) in [5.74, 6) is 0.422. The van der Waals surface area contributed by atoms with Gasteiger partial charge >= 0.3 is 0 Å². The van der Waals surface area contributed by atoms with Gasteiger partial charge in [-0.05, 0) is 31.0 Å². The molecule has 0 spiro atoms. The van der Waals surface area contributed by atoms with Crippen LogP contribution < -0.4 is 10.6 Å². The maximum Gasteiger partial charge on any atom is 0.294 e. The van der Waals surface area contributed by atoms with Crippen LogP contribution in [0.3, 0.4) is 0 Å². The Labute approximate surface area is 104 Å². The molecule has 0 radical (unpaired) electrons. The van der Waals surface area contributed by atoms with Crippen molar-refractivity contribution in [2.24, 2.45) is 11.7 Å². The lowest BCUT2D eigenvalue weighted by molar-refractivity contribution is -0.384. The Morgan fingerprint density at radius 3 is 2.94 bits per heavy atom. The van der Waals surface area contributed by atoms with Crippen molar-refractivity contribution in [3.05, 3.63) is 33.3 Å². The number of hydrogen-bond acceptors (Lipinski definition) is 4. The van der Waals surface area contributed by atoms with E-state index in [1.807, 2.05) is 4.90 Å². The van der Waals surface area contributed by atoms with E-state index >= 15 is 0 Å². The molecule has 1 atom stereocenters. The average molecular weight is 256 g/mol. The molecule has 2 rings (SSSR count). The minimum Gasteiger partial charge on any atom is -0.366 e. The summed E-state index contributed by atoms with van der Waals surface area (Å²) in [7, 11) is 0. The molecule has 1 saturated heterocycles. The summed E-state index contributed by atoms with van der Waals surface area (Å²) in [6.07, 6.45) is 0.982. The van der Waals surface area contributed by atoms with Crippen molar-refractivity contribution in [1.82, 2.24) is 0 Å². The fourth-order valence-electron chi connectivity index (χ4n) is 2.15. The lowest BCUT2D eigenvalue weighted by atomic mass is 10.1. The summed E-state index contributed by atoms with van der Waals surface area (Å²) in [5.41, 5.74) is 6.31. The monoisotopic (exact) mass is 255 g/mol. The van der Waals surface area contributed by atoms with Crippen LogP contribution in [0.5, 0.6) is 0 Å². The number of benzene rings is 1. The van der Waals surface area contributed by atoms with Crippen molar-refractivity contribution in [3.63, 3.8) is 0 Å². The van der Waals surface area contributed by atoms with E-state index in [0.717, 1.165) is 19.5 Å². The standard InChI is InChI=1S/C11H14ClN3O2/c12-9-1-2-10(11(5-9)15(16)17)14-4-3-8(6-13)7-14/h1-2,5,8H,3-4,6-7,13H2. The Morgan fingerprint density at radius 2 is 2.35 bits per heavy atom. The molecule has 2 N–H and O–H groups in total. The van der Waals surface area contributed by atoms with Crippen LogP contribution in [-0.4, -0.2) is 24.6 Å². The molecule has 5 nitrogen and oxygen atoms in total. The van der Waals surface area contributed by atoms with Crippen molar-refractivity contribution < 1.29 is 4.92 Å². The quantitative estimate of drug-likeness (QED) is 0.663. The minimum absolute atomic E-state index is 0.0650. The molecular weight excluding hydrogens is 242 g/mol. The summed E-state index contributed by atoms with van der Waals surface area (Å²) >= 11 is 5.78. The van der Waals surface area contributed by atoms with Gasteiger partial charge in [-0.1, -0.05) is 11.6 Å². The number of rotatable bonds is 3. The first-order valence-electron chi connectivity index (χ1n) is 5.50. The predicted octanol–water partition coefficient (Wildman–Crippen LogP) is 2.03. The summed E-state index contributed by atoms with van der Waals surface area (Å²) in [5, 5.41) is 11.4. The van der Waals surface area contributed by atoms with Crippen LogP contribution in [0.25, 0.3) is 0 Å². The van der Waals surface area contributed by atoms with Crippen molar-refractivity contribution in [2.75, 3.05) is 24.5 Å². The molecule has 6 heteroatoms. The van der Waals surface area contributed by atoms with E-state index in [4.69, 9.17) is 17.3 Å².